The van der Waals surface area contributed by atoms with E-state index in [2.05, 4.69) is 15.3 Å². The highest BCUT2D eigenvalue weighted by atomic mass is 35.5. The SMILES string of the molecule is NC(=O)c1sc2nc(NCC3CCCO3)nc(-c3ccc(Cl)c(Cl)c3)c2c1N. The van der Waals surface area contributed by atoms with Gasteiger partial charge < -0.3 is 21.5 Å². The summed E-state index contributed by atoms with van der Waals surface area (Å²) in [5.74, 6) is -0.184. The second-order valence-electron chi connectivity index (χ2n) is 6.43. The van der Waals surface area contributed by atoms with Crippen LogP contribution in [0.1, 0.15) is 22.5 Å². The highest BCUT2D eigenvalue weighted by Crippen LogP contribution is 2.40. The number of nitrogens with two attached hydrogens (primary N) is 2. The number of primary amides is 1. The number of nitrogens with one attached hydrogen (secondary N) is 1. The van der Waals surface area contributed by atoms with Crippen LogP contribution >= 0.6 is 34.5 Å². The molecule has 1 unspecified atom stereocenters. The molecule has 3 aromatic rings. The van der Waals surface area contributed by atoms with Crippen molar-refractivity contribution in [1.82, 2.24) is 9.97 Å². The molecule has 3 heterocycles. The molecule has 5 N–H and O–H groups in total. The van der Waals surface area contributed by atoms with E-state index in [9.17, 15) is 4.79 Å². The Balaban J connectivity index is 1.83. The Hall–Kier alpha value is -2.13. The van der Waals surface area contributed by atoms with E-state index in [4.69, 9.17) is 39.4 Å². The molecular formula is C18H17Cl2N5O2S. The first-order valence-corrected chi connectivity index (χ1v) is 10.2. The summed E-state index contributed by atoms with van der Waals surface area (Å²) >= 11 is 13.4. The molecule has 1 aliphatic rings. The first-order chi connectivity index (χ1) is 13.4. The molecule has 10 heteroatoms. The lowest BCUT2D eigenvalue weighted by Gasteiger charge is -2.12. The number of nitrogen functional groups attached to an aromatic ring is 1. The number of hydrogen-bond donors (Lipinski definition) is 3. The number of carbonyl (C=O) groups excluding carboxylic acids is 1. The van der Waals surface area contributed by atoms with Gasteiger partial charge in [0.05, 0.1) is 32.9 Å². The number of benzene rings is 1. The minimum Gasteiger partial charge on any atom is -0.397 e. The maximum absolute atomic E-state index is 11.8. The molecule has 0 spiro atoms. The number of rotatable bonds is 5. The van der Waals surface area contributed by atoms with Crippen molar-refractivity contribution < 1.29 is 9.53 Å². The molecule has 0 saturated carbocycles. The number of amides is 1. The van der Waals surface area contributed by atoms with Gasteiger partial charge in [0.1, 0.15) is 9.71 Å². The lowest BCUT2D eigenvalue weighted by atomic mass is 10.1. The van der Waals surface area contributed by atoms with E-state index in [0.717, 1.165) is 30.8 Å². The van der Waals surface area contributed by atoms with Crippen molar-refractivity contribution in [3.05, 3.63) is 33.1 Å². The smallest absolute Gasteiger partial charge is 0.260 e. The number of anilines is 2. The molecule has 0 radical (unpaired) electrons. The monoisotopic (exact) mass is 437 g/mol. The van der Waals surface area contributed by atoms with Crippen molar-refractivity contribution in [1.29, 1.82) is 0 Å². The zero-order chi connectivity index (χ0) is 19.8. The normalized spacial score (nSPS) is 16.6. The van der Waals surface area contributed by atoms with E-state index >= 15 is 0 Å². The van der Waals surface area contributed by atoms with Crippen LogP contribution in [0.2, 0.25) is 10.0 Å². The number of fused-ring (bicyclic) bond motifs is 1. The fourth-order valence-electron chi connectivity index (χ4n) is 3.15. The third-order valence-electron chi connectivity index (χ3n) is 4.52. The Kier molecular flexibility index (Phi) is 5.29. The van der Waals surface area contributed by atoms with E-state index < -0.39 is 5.91 Å². The average Bonchev–Trinajstić information content (AvgIpc) is 3.30. The van der Waals surface area contributed by atoms with Crippen LogP contribution in [0, 0.1) is 0 Å². The molecule has 1 aromatic carbocycles. The van der Waals surface area contributed by atoms with Gasteiger partial charge in [0.15, 0.2) is 0 Å². The van der Waals surface area contributed by atoms with Crippen molar-refractivity contribution in [3.63, 3.8) is 0 Å². The molecule has 0 bridgehead atoms. The van der Waals surface area contributed by atoms with E-state index in [0.29, 0.717) is 44.0 Å². The van der Waals surface area contributed by atoms with Crippen LogP contribution in [0.25, 0.3) is 21.5 Å². The van der Waals surface area contributed by atoms with Crippen molar-refractivity contribution in [2.24, 2.45) is 5.73 Å². The van der Waals surface area contributed by atoms with Gasteiger partial charge in [-0.15, -0.1) is 11.3 Å². The highest BCUT2D eigenvalue weighted by Gasteiger charge is 2.22. The van der Waals surface area contributed by atoms with Gasteiger partial charge in [-0.2, -0.15) is 0 Å². The maximum atomic E-state index is 11.8. The lowest BCUT2D eigenvalue weighted by molar-refractivity contribution is 0.100. The van der Waals surface area contributed by atoms with Crippen LogP contribution in [-0.2, 0) is 4.74 Å². The fraction of sp³-hybridized carbons (Fsp3) is 0.278. The topological polar surface area (TPSA) is 116 Å². The van der Waals surface area contributed by atoms with Crippen LogP contribution in [0.15, 0.2) is 18.2 Å². The molecule has 1 fully saturated rings. The summed E-state index contributed by atoms with van der Waals surface area (Å²) in [4.78, 5) is 21.7. The van der Waals surface area contributed by atoms with Crippen LogP contribution < -0.4 is 16.8 Å². The Morgan fingerprint density at radius 1 is 1.32 bits per heavy atom. The second kappa shape index (κ2) is 7.71. The first-order valence-electron chi connectivity index (χ1n) is 8.64. The summed E-state index contributed by atoms with van der Waals surface area (Å²) in [5.41, 5.74) is 13.2. The van der Waals surface area contributed by atoms with Gasteiger partial charge >= 0.3 is 0 Å². The third-order valence-corrected chi connectivity index (χ3v) is 6.37. The molecule has 28 heavy (non-hydrogen) atoms. The molecule has 1 amide bonds. The van der Waals surface area contributed by atoms with Gasteiger partial charge in [-0.05, 0) is 25.0 Å². The highest BCUT2D eigenvalue weighted by molar-refractivity contribution is 7.21. The van der Waals surface area contributed by atoms with E-state index in [1.165, 1.54) is 0 Å². The summed E-state index contributed by atoms with van der Waals surface area (Å²) in [6.45, 7) is 1.36. The molecule has 1 saturated heterocycles. The minimum atomic E-state index is -0.602. The van der Waals surface area contributed by atoms with Crippen molar-refractivity contribution >= 4 is 62.3 Å². The number of thiophene rings is 1. The van der Waals surface area contributed by atoms with Gasteiger partial charge in [-0.3, -0.25) is 4.79 Å². The molecule has 7 nitrogen and oxygen atoms in total. The van der Waals surface area contributed by atoms with Crippen LogP contribution in [0.3, 0.4) is 0 Å². The molecule has 2 aromatic heterocycles. The molecule has 0 aliphatic carbocycles. The summed E-state index contributed by atoms with van der Waals surface area (Å²) in [6, 6.07) is 5.18. The van der Waals surface area contributed by atoms with Gasteiger partial charge in [0, 0.05) is 18.7 Å². The van der Waals surface area contributed by atoms with Gasteiger partial charge in [-0.25, -0.2) is 9.97 Å². The first kappa shape index (κ1) is 19.2. The molecular weight excluding hydrogens is 421 g/mol. The Bertz CT molecular complexity index is 1070. The summed E-state index contributed by atoms with van der Waals surface area (Å²) < 4.78 is 5.63. The van der Waals surface area contributed by atoms with Crippen molar-refractivity contribution in [3.8, 4) is 11.3 Å². The molecule has 146 valence electrons. The number of hydrogen-bond acceptors (Lipinski definition) is 7. The number of halogens is 2. The Labute approximate surface area is 175 Å². The lowest BCUT2D eigenvalue weighted by Crippen LogP contribution is -2.19. The predicted molar refractivity (Wildman–Crippen MR) is 113 cm³/mol. The van der Waals surface area contributed by atoms with Gasteiger partial charge in [-0.1, -0.05) is 29.3 Å². The van der Waals surface area contributed by atoms with E-state index in [-0.39, 0.29) is 16.7 Å². The largest absolute Gasteiger partial charge is 0.397 e. The standard InChI is InChI=1S/C18H17Cl2N5O2S/c19-10-4-3-8(6-11(10)20)14-12-13(21)15(16(22)26)28-17(12)25-18(24-14)23-7-9-2-1-5-27-9/h3-4,6,9H,1-2,5,7,21H2,(H2,22,26)(H,23,24,25). The maximum Gasteiger partial charge on any atom is 0.260 e. The quantitative estimate of drug-likeness (QED) is 0.556. The molecule has 1 aliphatic heterocycles. The Morgan fingerprint density at radius 2 is 2.14 bits per heavy atom. The van der Waals surface area contributed by atoms with Crippen molar-refractivity contribution in [2.75, 3.05) is 24.2 Å². The Morgan fingerprint density at radius 3 is 2.82 bits per heavy atom. The second-order valence-corrected chi connectivity index (χ2v) is 8.24. The number of aromatic nitrogens is 2. The molecule has 1 atom stereocenters. The number of carbonyl (C=O) groups is 1. The van der Waals surface area contributed by atoms with Gasteiger partial charge in [0.2, 0.25) is 5.95 Å². The zero-order valence-corrected chi connectivity index (χ0v) is 17.0. The van der Waals surface area contributed by atoms with Crippen LogP contribution in [0.4, 0.5) is 11.6 Å². The predicted octanol–water partition coefficient (Wildman–Crippen LogP) is 3.94. The summed E-state index contributed by atoms with van der Waals surface area (Å²) in [5, 5.41) is 4.61. The fourth-order valence-corrected chi connectivity index (χ4v) is 4.39. The van der Waals surface area contributed by atoms with E-state index in [1.807, 2.05) is 0 Å². The average molecular weight is 438 g/mol. The number of ether oxygens (including phenoxy) is 1. The van der Waals surface area contributed by atoms with E-state index in [1.54, 1.807) is 18.2 Å². The summed E-state index contributed by atoms with van der Waals surface area (Å²) in [6.07, 6.45) is 2.17. The minimum absolute atomic E-state index is 0.127. The van der Waals surface area contributed by atoms with Crippen LogP contribution in [0.5, 0.6) is 0 Å². The summed E-state index contributed by atoms with van der Waals surface area (Å²) in [7, 11) is 0. The van der Waals surface area contributed by atoms with Crippen molar-refractivity contribution in [2.45, 2.75) is 18.9 Å². The molecule has 4 rings (SSSR count). The van der Waals surface area contributed by atoms with Crippen LogP contribution in [-0.4, -0.2) is 35.1 Å². The third kappa shape index (κ3) is 3.60. The van der Waals surface area contributed by atoms with Gasteiger partial charge in [0.25, 0.3) is 5.91 Å². The number of nitrogens with zero attached hydrogens (tertiary/aromatic N) is 2. The zero-order valence-electron chi connectivity index (χ0n) is 14.7.